The van der Waals surface area contributed by atoms with Crippen molar-refractivity contribution in [1.29, 1.82) is 0 Å². The number of aromatic hydroxyl groups is 1. The van der Waals surface area contributed by atoms with E-state index in [9.17, 15) is 9.59 Å². The van der Waals surface area contributed by atoms with Crippen LogP contribution >= 0.6 is 0 Å². The number of carbonyl (C=O) groups excluding carboxylic acids is 2. The molecular formula is C33H52O5. The Bertz CT molecular complexity index is 938. The Morgan fingerprint density at radius 3 is 1.66 bits per heavy atom. The quantitative estimate of drug-likeness (QED) is 0.346. The lowest BCUT2D eigenvalue weighted by atomic mass is 9.90. The van der Waals surface area contributed by atoms with Gasteiger partial charge in [0.15, 0.2) is 0 Å². The zero-order valence-corrected chi connectivity index (χ0v) is 25.7. The molecule has 2 rings (SSSR count). The average molecular weight is 529 g/mol. The molecule has 0 radical (unpaired) electrons. The van der Waals surface area contributed by atoms with E-state index in [0.29, 0.717) is 18.3 Å². The van der Waals surface area contributed by atoms with Crippen LogP contribution < -0.4 is 0 Å². The van der Waals surface area contributed by atoms with E-state index >= 15 is 0 Å². The summed E-state index contributed by atoms with van der Waals surface area (Å²) >= 11 is 0. The molecule has 0 heterocycles. The van der Waals surface area contributed by atoms with Crippen molar-refractivity contribution in [3.63, 3.8) is 0 Å². The molecule has 0 saturated carbocycles. The Morgan fingerprint density at radius 2 is 1.24 bits per heavy atom. The van der Waals surface area contributed by atoms with Gasteiger partial charge in [-0.3, -0.25) is 9.59 Å². The molecule has 5 nitrogen and oxygen atoms in total. The average Bonchev–Trinajstić information content (AvgIpc) is 2.87. The summed E-state index contributed by atoms with van der Waals surface area (Å²) in [5.74, 6) is 0.694. The minimum absolute atomic E-state index is 0.113. The summed E-state index contributed by atoms with van der Waals surface area (Å²) in [5.41, 5.74) is 1.22. The molecule has 0 aliphatic heterocycles. The van der Waals surface area contributed by atoms with Crippen molar-refractivity contribution in [1.82, 2.24) is 0 Å². The number of phenols is 1. The standard InChI is InChI=1S/C13H18O2.C10H20O2.C10H14O/c1-4-13(2,3)12(14)15-10-11-8-6-5-7-9-11;1-7-10(5,6)8(11)12-9(2,3)4;1-3-8(2)9-4-6-10(11)7-5-9/h5-9H,4,10H2,1-3H3;7H2,1-6H3;4-8,11H,3H2,1-2H3. The highest BCUT2D eigenvalue weighted by atomic mass is 16.6. The number of phenolic OH excluding ortho intramolecular Hbond substituents is 1. The number of hydrogen-bond donors (Lipinski definition) is 1. The summed E-state index contributed by atoms with van der Waals surface area (Å²) in [5, 5.41) is 9.01. The number of carbonyl (C=O) groups is 2. The van der Waals surface area contributed by atoms with E-state index in [2.05, 4.69) is 13.8 Å². The van der Waals surface area contributed by atoms with Crippen molar-refractivity contribution in [2.75, 3.05) is 0 Å². The van der Waals surface area contributed by atoms with Crippen LogP contribution in [0.5, 0.6) is 5.75 Å². The number of rotatable bonds is 8. The van der Waals surface area contributed by atoms with Crippen LogP contribution in [0, 0.1) is 10.8 Å². The first kappa shape index (κ1) is 35.2. The first-order valence-electron chi connectivity index (χ1n) is 13.7. The van der Waals surface area contributed by atoms with Crippen molar-refractivity contribution < 1.29 is 24.2 Å². The molecule has 5 heteroatoms. The van der Waals surface area contributed by atoms with Gasteiger partial charge in [-0.25, -0.2) is 0 Å². The van der Waals surface area contributed by atoms with Gasteiger partial charge in [0.1, 0.15) is 18.0 Å². The van der Waals surface area contributed by atoms with Crippen LogP contribution in [0.2, 0.25) is 0 Å². The fourth-order valence-electron chi connectivity index (χ4n) is 2.66. The Hall–Kier alpha value is -2.82. The Kier molecular flexibility index (Phi) is 15.0. The van der Waals surface area contributed by atoms with Gasteiger partial charge in [0.05, 0.1) is 10.8 Å². The van der Waals surface area contributed by atoms with E-state index in [-0.39, 0.29) is 28.4 Å². The molecule has 0 spiro atoms. The molecular weight excluding hydrogens is 476 g/mol. The van der Waals surface area contributed by atoms with Crippen LogP contribution in [0.3, 0.4) is 0 Å². The first-order chi connectivity index (χ1) is 17.5. The minimum Gasteiger partial charge on any atom is -0.508 e. The maximum atomic E-state index is 11.6. The number of benzene rings is 2. The largest absolute Gasteiger partial charge is 0.508 e. The molecule has 214 valence electrons. The summed E-state index contributed by atoms with van der Waals surface area (Å²) in [6.07, 6.45) is 2.74. The predicted molar refractivity (Wildman–Crippen MR) is 157 cm³/mol. The van der Waals surface area contributed by atoms with Crippen LogP contribution in [0.1, 0.15) is 112 Å². The van der Waals surface area contributed by atoms with Gasteiger partial charge in [-0.2, -0.15) is 0 Å². The van der Waals surface area contributed by atoms with Gasteiger partial charge in [0.2, 0.25) is 0 Å². The lowest BCUT2D eigenvalue weighted by molar-refractivity contribution is -0.165. The second-order valence-corrected chi connectivity index (χ2v) is 11.9. The molecule has 0 aliphatic carbocycles. The van der Waals surface area contributed by atoms with E-state index < -0.39 is 0 Å². The van der Waals surface area contributed by atoms with Crippen LogP contribution in [0.4, 0.5) is 0 Å². The van der Waals surface area contributed by atoms with Crippen molar-refractivity contribution >= 4 is 11.9 Å². The monoisotopic (exact) mass is 528 g/mol. The second-order valence-electron chi connectivity index (χ2n) is 11.9. The van der Waals surface area contributed by atoms with Gasteiger partial charge >= 0.3 is 11.9 Å². The lowest BCUT2D eigenvalue weighted by Gasteiger charge is -2.27. The van der Waals surface area contributed by atoms with Crippen LogP contribution in [0.15, 0.2) is 54.6 Å². The third-order valence-electron chi connectivity index (χ3n) is 6.56. The zero-order valence-electron chi connectivity index (χ0n) is 25.7. The highest BCUT2D eigenvalue weighted by Crippen LogP contribution is 2.25. The topological polar surface area (TPSA) is 72.8 Å². The highest BCUT2D eigenvalue weighted by Gasteiger charge is 2.30. The lowest BCUT2D eigenvalue weighted by Crippen LogP contribution is -2.33. The van der Waals surface area contributed by atoms with Gasteiger partial charge in [0.25, 0.3) is 0 Å². The minimum atomic E-state index is -0.380. The van der Waals surface area contributed by atoms with Gasteiger partial charge in [-0.1, -0.05) is 70.2 Å². The summed E-state index contributed by atoms with van der Waals surface area (Å²) in [4.78, 5) is 23.1. The van der Waals surface area contributed by atoms with Crippen LogP contribution in [0.25, 0.3) is 0 Å². The Morgan fingerprint density at radius 1 is 0.763 bits per heavy atom. The predicted octanol–water partition coefficient (Wildman–Crippen LogP) is 8.84. The van der Waals surface area contributed by atoms with E-state index in [0.717, 1.165) is 24.8 Å². The SMILES string of the molecule is CCC(C)(C)C(=O)OC(C)(C)C.CCC(C)(C)C(=O)OCc1ccccc1.CCC(C)c1ccc(O)cc1. The number of hydrogen-bond acceptors (Lipinski definition) is 5. The van der Waals surface area contributed by atoms with Gasteiger partial charge in [-0.15, -0.1) is 0 Å². The van der Waals surface area contributed by atoms with Gasteiger partial charge in [-0.05, 0) is 96.9 Å². The Labute approximate surface area is 232 Å². The normalized spacial score (nSPS) is 12.2. The van der Waals surface area contributed by atoms with Crippen molar-refractivity contribution in [3.8, 4) is 5.75 Å². The van der Waals surface area contributed by atoms with E-state index in [4.69, 9.17) is 14.6 Å². The molecule has 1 N–H and O–H groups in total. The summed E-state index contributed by atoms with van der Waals surface area (Å²) in [7, 11) is 0. The molecule has 1 atom stereocenters. The molecule has 0 fully saturated rings. The smallest absolute Gasteiger partial charge is 0.312 e. The second kappa shape index (κ2) is 16.2. The maximum absolute atomic E-state index is 11.6. The van der Waals surface area contributed by atoms with Crippen molar-refractivity contribution in [2.45, 2.75) is 114 Å². The molecule has 0 aliphatic rings. The van der Waals surface area contributed by atoms with E-state index in [1.54, 1.807) is 12.1 Å². The fraction of sp³-hybridized carbons (Fsp3) is 0.576. The van der Waals surface area contributed by atoms with Gasteiger partial charge < -0.3 is 14.6 Å². The summed E-state index contributed by atoms with van der Waals surface area (Å²) in [6.45, 7) is 22.0. The molecule has 1 unspecified atom stereocenters. The molecule has 38 heavy (non-hydrogen) atoms. The van der Waals surface area contributed by atoms with E-state index in [1.807, 2.05) is 105 Å². The highest BCUT2D eigenvalue weighted by molar-refractivity contribution is 5.76. The van der Waals surface area contributed by atoms with E-state index in [1.165, 1.54) is 5.56 Å². The molecule has 0 aromatic heterocycles. The summed E-state index contributed by atoms with van der Waals surface area (Å²) < 4.78 is 10.5. The van der Waals surface area contributed by atoms with Crippen LogP contribution in [-0.4, -0.2) is 22.6 Å². The number of ether oxygens (including phenoxy) is 2. The van der Waals surface area contributed by atoms with Crippen molar-refractivity contribution in [2.24, 2.45) is 10.8 Å². The molecule has 0 saturated heterocycles. The van der Waals surface area contributed by atoms with Crippen molar-refractivity contribution in [3.05, 3.63) is 65.7 Å². The first-order valence-corrected chi connectivity index (χ1v) is 13.7. The third kappa shape index (κ3) is 14.2. The zero-order chi connectivity index (χ0) is 29.6. The van der Waals surface area contributed by atoms with Gasteiger partial charge in [0, 0.05) is 0 Å². The Balaban J connectivity index is 0.000000549. The molecule has 0 bridgehead atoms. The van der Waals surface area contributed by atoms with Crippen LogP contribution in [-0.2, 0) is 25.7 Å². The number of esters is 2. The fourth-order valence-corrected chi connectivity index (χ4v) is 2.66. The summed E-state index contributed by atoms with van der Waals surface area (Å²) in [6, 6.07) is 17.2. The maximum Gasteiger partial charge on any atom is 0.312 e. The molecule has 2 aromatic rings. The molecule has 0 amide bonds. The molecule has 2 aromatic carbocycles. The third-order valence-corrected chi connectivity index (χ3v) is 6.56.